The highest BCUT2D eigenvalue weighted by atomic mass is 35.5. The summed E-state index contributed by atoms with van der Waals surface area (Å²) < 4.78 is 1.79. The lowest BCUT2D eigenvalue weighted by Crippen LogP contribution is -2.26. The first-order valence-corrected chi connectivity index (χ1v) is 10.2. The number of aromatic nitrogens is 2. The topological polar surface area (TPSA) is 50.2 Å². The Kier molecular flexibility index (Phi) is 8.74. The van der Waals surface area contributed by atoms with Gasteiger partial charge < -0.3 is 10.2 Å². The summed E-state index contributed by atoms with van der Waals surface area (Å²) in [7, 11) is 2.09. The largest absolute Gasteiger partial charge is 0.353 e. The number of rotatable bonds is 10. The Morgan fingerprint density at radius 1 is 1.32 bits per heavy atom. The number of hydrogen-bond acceptors (Lipinski definition) is 3. The van der Waals surface area contributed by atoms with E-state index in [0.29, 0.717) is 17.6 Å². The first kappa shape index (κ1) is 22.2. The van der Waals surface area contributed by atoms with Gasteiger partial charge in [-0.15, -0.1) is 0 Å². The van der Waals surface area contributed by atoms with Crippen molar-refractivity contribution >= 4 is 23.6 Å². The van der Waals surface area contributed by atoms with Gasteiger partial charge >= 0.3 is 0 Å². The number of carbonyl (C=O) groups excluding carboxylic acids is 1. The minimum Gasteiger partial charge on any atom is -0.353 e. The molecule has 0 aliphatic rings. The van der Waals surface area contributed by atoms with Crippen LogP contribution in [0.15, 0.2) is 36.4 Å². The molecule has 0 fully saturated rings. The molecule has 0 aliphatic heterocycles. The average Bonchev–Trinajstić information content (AvgIpc) is 2.90. The smallest absolute Gasteiger partial charge is 0.244 e. The second-order valence-corrected chi connectivity index (χ2v) is 7.93. The summed E-state index contributed by atoms with van der Waals surface area (Å²) in [6, 6.07) is 10.4. The van der Waals surface area contributed by atoms with Crippen LogP contribution in [-0.2, 0) is 17.9 Å². The van der Waals surface area contributed by atoms with Crippen molar-refractivity contribution in [2.45, 2.75) is 40.3 Å². The van der Waals surface area contributed by atoms with Crippen molar-refractivity contribution in [2.75, 3.05) is 20.1 Å². The third-order valence-corrected chi connectivity index (χ3v) is 4.76. The van der Waals surface area contributed by atoms with E-state index in [1.165, 1.54) is 11.6 Å². The van der Waals surface area contributed by atoms with E-state index in [0.717, 1.165) is 37.3 Å². The van der Waals surface area contributed by atoms with E-state index >= 15 is 0 Å². The number of hydrogen-bond donors (Lipinski definition) is 1. The van der Waals surface area contributed by atoms with Crippen LogP contribution in [0.25, 0.3) is 6.08 Å². The Morgan fingerprint density at radius 3 is 2.71 bits per heavy atom. The molecule has 0 radical (unpaired) electrons. The molecule has 1 aromatic carbocycles. The van der Waals surface area contributed by atoms with Gasteiger partial charge in [0.05, 0.1) is 5.69 Å². The third-order valence-electron chi connectivity index (χ3n) is 4.36. The van der Waals surface area contributed by atoms with Crippen molar-refractivity contribution in [1.29, 1.82) is 0 Å². The molecule has 2 rings (SSSR count). The summed E-state index contributed by atoms with van der Waals surface area (Å²) in [5.41, 5.74) is 2.93. The van der Waals surface area contributed by atoms with Gasteiger partial charge in [-0.25, -0.2) is 0 Å². The van der Waals surface area contributed by atoms with Crippen molar-refractivity contribution in [1.82, 2.24) is 20.0 Å². The van der Waals surface area contributed by atoms with Crippen LogP contribution in [0.4, 0.5) is 0 Å². The molecule has 1 aromatic heterocycles. The maximum Gasteiger partial charge on any atom is 0.244 e. The van der Waals surface area contributed by atoms with Crippen LogP contribution in [0.5, 0.6) is 0 Å². The van der Waals surface area contributed by atoms with Gasteiger partial charge in [0.25, 0.3) is 0 Å². The van der Waals surface area contributed by atoms with Gasteiger partial charge in [-0.2, -0.15) is 5.10 Å². The monoisotopic (exact) mass is 402 g/mol. The lowest BCUT2D eigenvalue weighted by Gasteiger charge is -2.16. The summed E-state index contributed by atoms with van der Waals surface area (Å²) in [6.45, 7) is 9.38. The molecule has 0 spiro atoms. The quantitative estimate of drug-likeness (QED) is 0.479. The number of carbonyl (C=O) groups is 1. The minimum absolute atomic E-state index is 0.113. The van der Waals surface area contributed by atoms with Crippen LogP contribution >= 0.6 is 11.6 Å². The van der Waals surface area contributed by atoms with Crippen molar-refractivity contribution in [2.24, 2.45) is 5.92 Å². The lowest BCUT2D eigenvalue weighted by molar-refractivity contribution is -0.116. The lowest BCUT2D eigenvalue weighted by atomic mass is 10.2. The zero-order valence-corrected chi connectivity index (χ0v) is 18.0. The normalized spacial score (nSPS) is 11.7. The molecular weight excluding hydrogens is 372 g/mol. The molecule has 1 heterocycles. The Hall–Kier alpha value is -2.11. The third kappa shape index (κ3) is 7.13. The molecule has 0 atom stereocenters. The molecule has 5 nitrogen and oxygen atoms in total. The van der Waals surface area contributed by atoms with Crippen molar-refractivity contribution < 1.29 is 4.79 Å². The fourth-order valence-electron chi connectivity index (χ4n) is 2.98. The molecule has 152 valence electrons. The highest BCUT2D eigenvalue weighted by Gasteiger charge is 2.12. The number of benzene rings is 1. The maximum absolute atomic E-state index is 12.1. The van der Waals surface area contributed by atoms with Gasteiger partial charge in [-0.3, -0.25) is 9.48 Å². The van der Waals surface area contributed by atoms with Gasteiger partial charge in [0, 0.05) is 31.3 Å². The number of amides is 1. The van der Waals surface area contributed by atoms with Gasteiger partial charge in [-0.1, -0.05) is 55.8 Å². The molecule has 0 aliphatic carbocycles. The second kappa shape index (κ2) is 11.0. The Balaban J connectivity index is 1.74. The van der Waals surface area contributed by atoms with Gasteiger partial charge in [0.15, 0.2) is 0 Å². The van der Waals surface area contributed by atoms with Crippen LogP contribution in [0.2, 0.25) is 5.15 Å². The van der Waals surface area contributed by atoms with Crippen molar-refractivity contribution in [3.63, 3.8) is 0 Å². The van der Waals surface area contributed by atoms with E-state index in [1.54, 1.807) is 10.8 Å². The van der Waals surface area contributed by atoms with Gasteiger partial charge in [0.2, 0.25) is 5.91 Å². The van der Waals surface area contributed by atoms with E-state index in [9.17, 15) is 4.79 Å². The number of halogens is 1. The molecule has 0 unspecified atom stereocenters. The maximum atomic E-state index is 12.1. The SMILES string of the molecule is Cc1nn(CC(C)C)c(Cl)c1/C=C/C(=O)NCCCN(C)Cc1ccccc1. The predicted molar refractivity (Wildman–Crippen MR) is 116 cm³/mol. The highest BCUT2D eigenvalue weighted by molar-refractivity contribution is 6.31. The molecule has 28 heavy (non-hydrogen) atoms. The van der Waals surface area contributed by atoms with Crippen molar-refractivity contribution in [3.05, 3.63) is 58.4 Å². The van der Waals surface area contributed by atoms with E-state index in [1.807, 2.05) is 13.0 Å². The van der Waals surface area contributed by atoms with Crippen LogP contribution in [-0.4, -0.2) is 40.7 Å². The molecule has 2 aromatic rings. The Labute approximate surface area is 173 Å². The minimum atomic E-state index is -0.113. The molecule has 6 heteroatoms. The van der Waals surface area contributed by atoms with Crippen LogP contribution in [0.3, 0.4) is 0 Å². The summed E-state index contributed by atoms with van der Waals surface area (Å²) in [5.74, 6) is 0.342. The standard InChI is InChI=1S/C22H31ClN4O/c1-17(2)15-27-22(23)20(18(3)25-27)11-12-21(28)24-13-8-14-26(4)16-19-9-6-5-7-10-19/h5-7,9-12,17H,8,13-16H2,1-4H3,(H,24,28)/b12-11+. The molecule has 0 bridgehead atoms. The summed E-state index contributed by atoms with van der Waals surface area (Å²) in [4.78, 5) is 14.3. The zero-order chi connectivity index (χ0) is 20.5. The highest BCUT2D eigenvalue weighted by Crippen LogP contribution is 2.22. The van der Waals surface area contributed by atoms with Gasteiger partial charge in [-0.05, 0) is 44.5 Å². The van der Waals surface area contributed by atoms with Crippen molar-refractivity contribution in [3.8, 4) is 0 Å². The second-order valence-electron chi connectivity index (χ2n) is 7.57. The molecule has 0 saturated carbocycles. The van der Waals surface area contributed by atoms with Crippen LogP contribution in [0, 0.1) is 12.8 Å². The van der Waals surface area contributed by atoms with Crippen LogP contribution in [0.1, 0.15) is 37.1 Å². The molecule has 1 amide bonds. The molecule has 0 saturated heterocycles. The Morgan fingerprint density at radius 2 is 2.04 bits per heavy atom. The van der Waals surface area contributed by atoms with Gasteiger partial charge in [0.1, 0.15) is 5.15 Å². The summed E-state index contributed by atoms with van der Waals surface area (Å²) >= 11 is 6.40. The van der Waals surface area contributed by atoms with Crippen LogP contribution < -0.4 is 5.32 Å². The predicted octanol–water partition coefficient (Wildman–Crippen LogP) is 4.15. The number of aryl methyl sites for hydroxylation is 1. The fourth-order valence-corrected chi connectivity index (χ4v) is 3.28. The Bertz CT molecular complexity index is 783. The first-order valence-electron chi connectivity index (χ1n) is 9.78. The number of nitrogens with one attached hydrogen (secondary N) is 1. The molecular formula is C22H31ClN4O. The summed E-state index contributed by atoms with van der Waals surface area (Å²) in [5, 5.41) is 7.96. The average molecular weight is 403 g/mol. The number of nitrogens with zero attached hydrogens (tertiary/aromatic N) is 3. The van der Waals surface area contributed by atoms with E-state index < -0.39 is 0 Å². The zero-order valence-electron chi connectivity index (χ0n) is 17.3. The summed E-state index contributed by atoms with van der Waals surface area (Å²) in [6.07, 6.45) is 4.18. The van der Waals surface area contributed by atoms with E-state index in [2.05, 4.69) is 60.5 Å². The van der Waals surface area contributed by atoms with E-state index in [-0.39, 0.29) is 5.91 Å². The fraction of sp³-hybridized carbons (Fsp3) is 0.455. The van der Waals surface area contributed by atoms with E-state index in [4.69, 9.17) is 11.6 Å². The molecule has 1 N–H and O–H groups in total. The first-order chi connectivity index (χ1) is 13.4.